The lowest BCUT2D eigenvalue weighted by molar-refractivity contribution is 0.647. The van der Waals surface area contributed by atoms with Crippen LogP contribution in [0.15, 0.2) is 48.5 Å². The van der Waals surface area contributed by atoms with Gasteiger partial charge in [-0.2, -0.15) is 5.26 Å². The fourth-order valence-electron chi connectivity index (χ4n) is 2.44. The molecule has 2 aromatic carbocycles. The van der Waals surface area contributed by atoms with Crippen molar-refractivity contribution < 1.29 is 0 Å². The molecular weight excluding hydrogens is 256 g/mol. The van der Waals surface area contributed by atoms with Crippen molar-refractivity contribution in [1.29, 1.82) is 5.26 Å². The molecule has 0 fully saturated rings. The van der Waals surface area contributed by atoms with Gasteiger partial charge >= 0.3 is 0 Å². The van der Waals surface area contributed by atoms with Crippen molar-refractivity contribution in [2.45, 2.75) is 33.2 Å². The van der Waals surface area contributed by atoms with E-state index in [-0.39, 0.29) is 6.04 Å². The van der Waals surface area contributed by atoms with Crippen LogP contribution in [0.4, 0.5) is 5.69 Å². The van der Waals surface area contributed by atoms with Crippen LogP contribution < -0.4 is 5.32 Å². The molecule has 2 aromatic rings. The van der Waals surface area contributed by atoms with Crippen LogP contribution in [0.3, 0.4) is 0 Å². The Labute approximate surface area is 127 Å². The van der Waals surface area contributed by atoms with Gasteiger partial charge in [-0.25, -0.2) is 0 Å². The first kappa shape index (κ1) is 15.1. The van der Waals surface area contributed by atoms with Crippen molar-refractivity contribution in [1.82, 2.24) is 0 Å². The highest BCUT2D eigenvalue weighted by Gasteiger charge is 2.08. The average molecular weight is 278 g/mol. The maximum absolute atomic E-state index is 9.13. The molecule has 0 heterocycles. The molecule has 0 saturated heterocycles. The van der Waals surface area contributed by atoms with E-state index >= 15 is 0 Å². The van der Waals surface area contributed by atoms with Crippen molar-refractivity contribution in [2.24, 2.45) is 5.92 Å². The Hall–Kier alpha value is -2.27. The van der Waals surface area contributed by atoms with E-state index < -0.39 is 0 Å². The number of anilines is 1. The topological polar surface area (TPSA) is 35.8 Å². The van der Waals surface area contributed by atoms with Crippen LogP contribution in [0.25, 0.3) is 0 Å². The van der Waals surface area contributed by atoms with Crippen molar-refractivity contribution in [3.05, 3.63) is 65.2 Å². The van der Waals surface area contributed by atoms with Crippen LogP contribution >= 0.6 is 0 Å². The van der Waals surface area contributed by atoms with E-state index in [0.717, 1.165) is 12.1 Å². The third-order valence-corrected chi connectivity index (χ3v) is 3.54. The molecule has 0 aliphatic rings. The quantitative estimate of drug-likeness (QED) is 0.841. The van der Waals surface area contributed by atoms with Crippen molar-refractivity contribution in [3.63, 3.8) is 0 Å². The summed E-state index contributed by atoms with van der Waals surface area (Å²) in [5, 5.41) is 12.5. The zero-order chi connectivity index (χ0) is 15.2. The minimum Gasteiger partial charge on any atom is -0.377 e. The lowest BCUT2D eigenvalue weighted by Crippen LogP contribution is -2.08. The lowest BCUT2D eigenvalue weighted by atomic mass is 9.99. The summed E-state index contributed by atoms with van der Waals surface area (Å²) in [6, 6.07) is 18.7. The summed E-state index contributed by atoms with van der Waals surface area (Å²) in [4.78, 5) is 0. The monoisotopic (exact) mass is 278 g/mol. The van der Waals surface area contributed by atoms with E-state index in [2.05, 4.69) is 56.4 Å². The van der Waals surface area contributed by atoms with Crippen LogP contribution in [-0.2, 0) is 6.42 Å². The van der Waals surface area contributed by atoms with Gasteiger partial charge in [0.25, 0.3) is 0 Å². The number of para-hydroxylation sites is 1. The molecular formula is C19H22N2. The molecule has 0 saturated carbocycles. The molecule has 108 valence electrons. The average Bonchev–Trinajstić information content (AvgIpc) is 2.48. The Bertz CT molecular complexity index is 621. The van der Waals surface area contributed by atoms with Gasteiger partial charge in [0.15, 0.2) is 0 Å². The van der Waals surface area contributed by atoms with Crippen LogP contribution in [0, 0.1) is 17.2 Å². The largest absolute Gasteiger partial charge is 0.377 e. The van der Waals surface area contributed by atoms with Gasteiger partial charge in [-0.15, -0.1) is 0 Å². The molecule has 1 unspecified atom stereocenters. The molecule has 2 nitrogen and oxygen atoms in total. The Kier molecular flexibility index (Phi) is 5.00. The maximum Gasteiger partial charge on any atom is 0.101 e. The lowest BCUT2D eigenvalue weighted by Gasteiger charge is -2.17. The summed E-state index contributed by atoms with van der Waals surface area (Å²) in [6.07, 6.45) is 1.11. The van der Waals surface area contributed by atoms with Crippen molar-refractivity contribution >= 4 is 5.69 Å². The van der Waals surface area contributed by atoms with E-state index in [4.69, 9.17) is 5.26 Å². The smallest absolute Gasteiger partial charge is 0.101 e. The zero-order valence-electron chi connectivity index (χ0n) is 12.9. The van der Waals surface area contributed by atoms with Gasteiger partial charge in [0.05, 0.1) is 11.3 Å². The van der Waals surface area contributed by atoms with E-state index in [0.29, 0.717) is 11.5 Å². The molecule has 1 atom stereocenters. The molecule has 0 amide bonds. The molecule has 0 aliphatic heterocycles. The second kappa shape index (κ2) is 6.95. The van der Waals surface area contributed by atoms with Gasteiger partial charge in [0.1, 0.15) is 6.07 Å². The molecule has 0 aliphatic carbocycles. The Morgan fingerprint density at radius 1 is 1.00 bits per heavy atom. The molecule has 21 heavy (non-hydrogen) atoms. The Morgan fingerprint density at radius 3 is 2.29 bits per heavy atom. The number of hydrogen-bond donors (Lipinski definition) is 1. The zero-order valence-corrected chi connectivity index (χ0v) is 12.9. The van der Waals surface area contributed by atoms with E-state index in [9.17, 15) is 0 Å². The van der Waals surface area contributed by atoms with E-state index in [1.54, 1.807) is 0 Å². The minimum atomic E-state index is 0.174. The molecule has 1 N–H and O–H groups in total. The van der Waals surface area contributed by atoms with Crippen LogP contribution in [-0.4, -0.2) is 0 Å². The van der Waals surface area contributed by atoms with Gasteiger partial charge < -0.3 is 5.32 Å². The number of hydrogen-bond acceptors (Lipinski definition) is 2. The summed E-state index contributed by atoms with van der Waals surface area (Å²) in [5.41, 5.74) is 4.17. The minimum absolute atomic E-state index is 0.174. The predicted octanol–water partition coefficient (Wildman–Crippen LogP) is 4.93. The fourth-order valence-corrected chi connectivity index (χ4v) is 2.44. The highest BCUT2D eigenvalue weighted by molar-refractivity contribution is 5.58. The van der Waals surface area contributed by atoms with Crippen LogP contribution in [0.1, 0.15) is 43.5 Å². The van der Waals surface area contributed by atoms with Crippen LogP contribution in [0.2, 0.25) is 0 Å². The molecule has 2 rings (SSSR count). The highest BCUT2D eigenvalue weighted by Crippen LogP contribution is 2.22. The fraction of sp³-hybridized carbons (Fsp3) is 0.316. The Morgan fingerprint density at radius 2 is 1.67 bits per heavy atom. The summed E-state index contributed by atoms with van der Waals surface area (Å²) in [7, 11) is 0. The summed E-state index contributed by atoms with van der Waals surface area (Å²) < 4.78 is 0. The van der Waals surface area contributed by atoms with E-state index in [1.165, 1.54) is 11.1 Å². The van der Waals surface area contributed by atoms with Gasteiger partial charge in [-0.05, 0) is 42.5 Å². The van der Waals surface area contributed by atoms with Gasteiger partial charge in [-0.3, -0.25) is 0 Å². The highest BCUT2D eigenvalue weighted by atomic mass is 14.9. The maximum atomic E-state index is 9.13. The second-order valence-corrected chi connectivity index (χ2v) is 5.86. The standard InChI is InChI=1S/C19H22N2/c1-14(2)12-16-8-10-17(11-9-16)15(3)21-19-7-5-4-6-18(19)13-20/h4-11,14-15,21H,12H2,1-3H3. The summed E-state index contributed by atoms with van der Waals surface area (Å²) in [5.74, 6) is 0.675. The third kappa shape index (κ3) is 4.10. The third-order valence-electron chi connectivity index (χ3n) is 3.54. The first-order chi connectivity index (χ1) is 10.1. The van der Waals surface area contributed by atoms with Gasteiger partial charge in [-0.1, -0.05) is 50.2 Å². The van der Waals surface area contributed by atoms with Crippen LogP contribution in [0.5, 0.6) is 0 Å². The first-order valence-corrected chi connectivity index (χ1v) is 7.44. The van der Waals surface area contributed by atoms with Gasteiger partial charge in [0, 0.05) is 6.04 Å². The second-order valence-electron chi connectivity index (χ2n) is 5.86. The molecule has 0 bridgehead atoms. The molecule has 0 aromatic heterocycles. The molecule has 0 spiro atoms. The molecule has 0 radical (unpaired) electrons. The van der Waals surface area contributed by atoms with Crippen molar-refractivity contribution in [2.75, 3.05) is 5.32 Å². The van der Waals surface area contributed by atoms with E-state index in [1.807, 2.05) is 24.3 Å². The van der Waals surface area contributed by atoms with Crippen molar-refractivity contribution in [3.8, 4) is 6.07 Å². The number of benzene rings is 2. The summed E-state index contributed by atoms with van der Waals surface area (Å²) in [6.45, 7) is 6.58. The first-order valence-electron chi connectivity index (χ1n) is 7.44. The number of rotatable bonds is 5. The number of nitrogens with zero attached hydrogens (tertiary/aromatic N) is 1. The molecule has 2 heteroatoms. The SMILES string of the molecule is CC(C)Cc1ccc(C(C)Nc2ccccc2C#N)cc1. The number of nitrogens with one attached hydrogen (secondary N) is 1. The normalized spacial score (nSPS) is 12.0. The predicted molar refractivity (Wildman–Crippen MR) is 88.2 cm³/mol. The summed E-state index contributed by atoms with van der Waals surface area (Å²) >= 11 is 0. The number of nitriles is 1. The Balaban J connectivity index is 2.10. The van der Waals surface area contributed by atoms with Gasteiger partial charge in [0.2, 0.25) is 0 Å².